The van der Waals surface area contributed by atoms with Crippen LogP contribution < -0.4 is 4.74 Å². The molecule has 0 aliphatic rings. The monoisotopic (exact) mass is 192 g/mol. The molecule has 4 heteroatoms. The van der Waals surface area contributed by atoms with Crippen molar-refractivity contribution in [2.45, 2.75) is 6.92 Å². The molecule has 1 rings (SSSR count). The quantitative estimate of drug-likeness (QED) is 0.700. The molecule has 12 heavy (non-hydrogen) atoms. The topological polar surface area (TPSA) is 9.23 Å². The summed E-state index contributed by atoms with van der Waals surface area (Å²) < 4.78 is 30.4. The van der Waals surface area contributed by atoms with E-state index in [1.807, 2.05) is 0 Å². The summed E-state index contributed by atoms with van der Waals surface area (Å²) in [6.07, 6.45) is 0. The van der Waals surface area contributed by atoms with E-state index < -0.39 is 11.6 Å². The average molecular weight is 193 g/mol. The first-order valence-electron chi connectivity index (χ1n) is 3.42. The number of halogens is 3. The Hall–Kier alpha value is -0.830. The van der Waals surface area contributed by atoms with Crippen LogP contribution in [0.4, 0.5) is 8.78 Å². The Kier molecular flexibility index (Phi) is 2.87. The van der Waals surface area contributed by atoms with E-state index in [-0.39, 0.29) is 17.4 Å². The van der Waals surface area contributed by atoms with Gasteiger partial charge in [-0.15, -0.1) is 0 Å². The third-order valence-corrected chi connectivity index (χ3v) is 1.47. The van der Waals surface area contributed by atoms with Gasteiger partial charge < -0.3 is 4.74 Å². The van der Waals surface area contributed by atoms with Crippen LogP contribution in [0.25, 0.3) is 0 Å². The fraction of sp³-hybridized carbons (Fsp3) is 0.250. The van der Waals surface area contributed by atoms with Gasteiger partial charge in [-0.2, -0.15) is 0 Å². The lowest BCUT2D eigenvalue weighted by Crippen LogP contribution is -1.97. The van der Waals surface area contributed by atoms with Crippen molar-refractivity contribution in [2.24, 2.45) is 0 Å². The zero-order chi connectivity index (χ0) is 9.14. The lowest BCUT2D eigenvalue weighted by atomic mass is 10.3. The van der Waals surface area contributed by atoms with Crippen LogP contribution in [0.2, 0.25) is 5.02 Å². The Labute approximate surface area is 73.9 Å². The summed E-state index contributed by atoms with van der Waals surface area (Å²) in [7, 11) is 0. The molecule has 0 aliphatic carbocycles. The van der Waals surface area contributed by atoms with Gasteiger partial charge in [-0.3, -0.25) is 0 Å². The molecule has 0 atom stereocenters. The second kappa shape index (κ2) is 3.72. The SMILES string of the molecule is CCOc1c(F)cc(Cl)cc1F. The molecule has 0 bridgehead atoms. The molecule has 0 radical (unpaired) electrons. The Morgan fingerprint density at radius 1 is 1.33 bits per heavy atom. The van der Waals surface area contributed by atoms with Crippen LogP contribution in [0, 0.1) is 11.6 Å². The van der Waals surface area contributed by atoms with Gasteiger partial charge in [0, 0.05) is 5.02 Å². The minimum absolute atomic E-state index is 0.0217. The zero-order valence-corrected chi connectivity index (χ0v) is 7.16. The molecule has 0 spiro atoms. The first-order valence-corrected chi connectivity index (χ1v) is 3.80. The lowest BCUT2D eigenvalue weighted by molar-refractivity contribution is 0.303. The van der Waals surface area contributed by atoms with E-state index in [1.165, 1.54) is 0 Å². The lowest BCUT2D eigenvalue weighted by Gasteiger charge is -2.05. The number of hydrogen-bond acceptors (Lipinski definition) is 1. The van der Waals surface area contributed by atoms with Gasteiger partial charge in [0.1, 0.15) is 0 Å². The van der Waals surface area contributed by atoms with Crippen molar-refractivity contribution < 1.29 is 13.5 Å². The van der Waals surface area contributed by atoms with Gasteiger partial charge in [0.2, 0.25) is 0 Å². The van der Waals surface area contributed by atoms with Crippen molar-refractivity contribution in [3.63, 3.8) is 0 Å². The Morgan fingerprint density at radius 3 is 2.25 bits per heavy atom. The van der Waals surface area contributed by atoms with Gasteiger partial charge in [-0.25, -0.2) is 8.78 Å². The standard InChI is InChI=1S/C8H7ClF2O/c1-2-12-8-6(10)3-5(9)4-7(8)11/h3-4H,2H2,1H3. The molecule has 1 aromatic carbocycles. The summed E-state index contributed by atoms with van der Waals surface area (Å²) in [5.74, 6) is -1.93. The van der Waals surface area contributed by atoms with E-state index in [0.29, 0.717) is 0 Å². The molecule has 0 amide bonds. The van der Waals surface area contributed by atoms with E-state index in [4.69, 9.17) is 16.3 Å². The van der Waals surface area contributed by atoms with Gasteiger partial charge >= 0.3 is 0 Å². The summed E-state index contributed by atoms with van der Waals surface area (Å²) >= 11 is 5.39. The van der Waals surface area contributed by atoms with Crippen LogP contribution in [0.5, 0.6) is 5.75 Å². The summed E-state index contributed by atoms with van der Waals surface area (Å²) in [6.45, 7) is 1.86. The Morgan fingerprint density at radius 2 is 1.83 bits per heavy atom. The molecule has 0 N–H and O–H groups in total. The number of ether oxygens (including phenoxy) is 1. The molecule has 0 saturated heterocycles. The number of rotatable bonds is 2. The molecule has 0 heterocycles. The van der Waals surface area contributed by atoms with Crippen molar-refractivity contribution in [1.82, 2.24) is 0 Å². The van der Waals surface area contributed by atoms with Crippen LogP contribution in [0.1, 0.15) is 6.92 Å². The first kappa shape index (κ1) is 9.26. The van der Waals surface area contributed by atoms with Gasteiger partial charge in [0.25, 0.3) is 0 Å². The molecule has 0 fully saturated rings. The van der Waals surface area contributed by atoms with Gasteiger partial charge in [-0.1, -0.05) is 11.6 Å². The summed E-state index contributed by atoms with van der Waals surface area (Å²) in [6, 6.07) is 2.02. The van der Waals surface area contributed by atoms with Crippen molar-refractivity contribution in [2.75, 3.05) is 6.61 Å². The van der Waals surface area contributed by atoms with Gasteiger partial charge in [0.05, 0.1) is 6.61 Å². The Balaban J connectivity index is 3.10. The largest absolute Gasteiger partial charge is 0.488 e. The second-order valence-electron chi connectivity index (χ2n) is 2.13. The maximum absolute atomic E-state index is 12.8. The first-order chi connectivity index (χ1) is 5.65. The molecule has 0 aromatic heterocycles. The van der Waals surface area contributed by atoms with Crippen LogP contribution in [0.15, 0.2) is 12.1 Å². The highest BCUT2D eigenvalue weighted by Gasteiger charge is 2.10. The average Bonchev–Trinajstić information content (AvgIpc) is 1.96. The Bertz CT molecular complexity index is 265. The molecular formula is C8H7ClF2O. The highest BCUT2D eigenvalue weighted by Crippen LogP contribution is 2.25. The highest BCUT2D eigenvalue weighted by molar-refractivity contribution is 6.30. The van der Waals surface area contributed by atoms with Crippen molar-refractivity contribution in [3.8, 4) is 5.75 Å². The van der Waals surface area contributed by atoms with E-state index in [1.54, 1.807) is 6.92 Å². The molecule has 66 valence electrons. The van der Waals surface area contributed by atoms with Crippen LogP contribution in [-0.2, 0) is 0 Å². The van der Waals surface area contributed by atoms with E-state index >= 15 is 0 Å². The maximum atomic E-state index is 12.8. The number of benzene rings is 1. The molecule has 1 nitrogen and oxygen atoms in total. The summed E-state index contributed by atoms with van der Waals surface area (Å²) in [4.78, 5) is 0. The molecule has 1 aromatic rings. The number of hydrogen-bond donors (Lipinski definition) is 0. The minimum Gasteiger partial charge on any atom is -0.488 e. The predicted molar refractivity (Wildman–Crippen MR) is 42.5 cm³/mol. The van der Waals surface area contributed by atoms with Crippen LogP contribution >= 0.6 is 11.6 Å². The van der Waals surface area contributed by atoms with E-state index in [9.17, 15) is 8.78 Å². The van der Waals surface area contributed by atoms with Crippen molar-refractivity contribution in [1.29, 1.82) is 0 Å². The summed E-state index contributed by atoms with van der Waals surface area (Å²) in [5.41, 5.74) is 0. The van der Waals surface area contributed by atoms with Crippen LogP contribution in [-0.4, -0.2) is 6.61 Å². The third-order valence-electron chi connectivity index (χ3n) is 1.25. The van der Waals surface area contributed by atoms with E-state index in [0.717, 1.165) is 12.1 Å². The molecule has 0 unspecified atom stereocenters. The highest BCUT2D eigenvalue weighted by atomic mass is 35.5. The van der Waals surface area contributed by atoms with Gasteiger partial charge in [0.15, 0.2) is 17.4 Å². The second-order valence-corrected chi connectivity index (χ2v) is 2.57. The zero-order valence-electron chi connectivity index (χ0n) is 6.40. The third kappa shape index (κ3) is 1.85. The fourth-order valence-corrected chi connectivity index (χ4v) is 1.00. The summed E-state index contributed by atoms with van der Waals surface area (Å²) in [5, 5.41) is 0.0217. The van der Waals surface area contributed by atoms with Crippen molar-refractivity contribution >= 4 is 11.6 Å². The van der Waals surface area contributed by atoms with Crippen molar-refractivity contribution in [3.05, 3.63) is 28.8 Å². The fourth-order valence-electron chi connectivity index (χ4n) is 0.811. The normalized spacial score (nSPS) is 10.0. The maximum Gasteiger partial charge on any atom is 0.190 e. The van der Waals surface area contributed by atoms with E-state index in [2.05, 4.69) is 0 Å². The molecule has 0 aliphatic heterocycles. The minimum atomic E-state index is -0.776. The molecular weight excluding hydrogens is 186 g/mol. The van der Waals surface area contributed by atoms with Gasteiger partial charge in [-0.05, 0) is 19.1 Å². The smallest absolute Gasteiger partial charge is 0.190 e. The molecule has 0 saturated carbocycles. The van der Waals surface area contributed by atoms with Crippen LogP contribution in [0.3, 0.4) is 0 Å². The predicted octanol–water partition coefficient (Wildman–Crippen LogP) is 3.02.